The molecule has 0 aromatic heterocycles. The molecule has 6 aromatic carbocycles. The Hall–Kier alpha value is -6.48. The van der Waals surface area contributed by atoms with Crippen LogP contribution in [0.3, 0.4) is 0 Å². The molecule has 0 amide bonds. The van der Waals surface area contributed by atoms with Crippen LogP contribution in [0.5, 0.6) is 0 Å². The second kappa shape index (κ2) is 19.2. The van der Waals surface area contributed by atoms with Crippen molar-refractivity contribution in [2.24, 2.45) is 0 Å². The van der Waals surface area contributed by atoms with E-state index in [0.717, 1.165) is 23.3 Å². The van der Waals surface area contributed by atoms with Crippen molar-refractivity contribution < 1.29 is 42.9 Å². The van der Waals surface area contributed by atoms with Gasteiger partial charge in [0, 0.05) is 0 Å². The lowest BCUT2D eigenvalue weighted by Gasteiger charge is -2.10. The number of carboxylic acids is 3. The highest BCUT2D eigenvalue weighted by molar-refractivity contribution is 5.90. The van der Waals surface area contributed by atoms with Gasteiger partial charge in [-0.05, 0) is 127 Å². The minimum Gasteiger partial charge on any atom is -0.478 e. The number of hydrogen-bond acceptors (Lipinski definition) is 3. The van der Waals surface area contributed by atoms with Crippen molar-refractivity contribution in [2.75, 3.05) is 0 Å². The number of aromatic carboxylic acids is 3. The molecule has 0 heterocycles. The van der Waals surface area contributed by atoms with E-state index in [1.54, 1.807) is 48.5 Å². The maximum Gasteiger partial charge on any atom is 0.416 e. The summed E-state index contributed by atoms with van der Waals surface area (Å²) in [5, 5.41) is 27.4. The van der Waals surface area contributed by atoms with Crippen molar-refractivity contribution in [3.8, 4) is 0 Å². The first-order valence-corrected chi connectivity index (χ1v) is 17.8. The lowest BCUT2D eigenvalue weighted by molar-refractivity contribution is -0.137. The normalized spacial score (nSPS) is 10.7. The van der Waals surface area contributed by atoms with Crippen LogP contribution in [0.2, 0.25) is 0 Å². The summed E-state index contributed by atoms with van der Waals surface area (Å²) in [6.07, 6.45) is -2.93. The highest BCUT2D eigenvalue weighted by Gasteiger charge is 2.30. The monoisotopic (exact) mass is 760 g/mol. The van der Waals surface area contributed by atoms with Crippen molar-refractivity contribution in [3.05, 3.63) is 211 Å². The predicted molar refractivity (Wildman–Crippen MR) is 212 cm³/mol. The fraction of sp³-hybridized carbons (Fsp3) is 0.170. The van der Waals surface area contributed by atoms with Crippen molar-refractivity contribution in [3.63, 3.8) is 0 Å². The second-order valence-electron chi connectivity index (χ2n) is 13.3. The zero-order valence-electron chi connectivity index (χ0n) is 31.5. The molecular weight excluding hydrogens is 718 g/mol. The number of carbonyl (C=O) groups is 3. The summed E-state index contributed by atoms with van der Waals surface area (Å²) < 4.78 is 37.9. The first-order chi connectivity index (χ1) is 26.6. The molecule has 6 rings (SSSR count). The number of rotatable bonds is 9. The van der Waals surface area contributed by atoms with Gasteiger partial charge in [-0.2, -0.15) is 13.2 Å². The molecule has 56 heavy (non-hydrogen) atoms. The van der Waals surface area contributed by atoms with Crippen LogP contribution in [0.1, 0.15) is 92.3 Å². The van der Waals surface area contributed by atoms with Crippen LogP contribution in [0, 0.1) is 27.7 Å². The molecule has 0 radical (unpaired) electrons. The third-order valence-electron chi connectivity index (χ3n) is 9.59. The maximum absolute atomic E-state index is 12.6. The topological polar surface area (TPSA) is 112 Å². The fourth-order valence-corrected chi connectivity index (χ4v) is 6.14. The minimum absolute atomic E-state index is 0.102. The standard InChI is InChI=1S/2C16H16O2.C15H11F3O2/c2*1-11-6-5-8-13(12(11)2)10-14-7-3-4-9-15(14)16(17)18;16-15(17,18)12-6-3-4-10(9-12)8-11-5-1-2-7-13(11)14(19)20/h2*3-9H,10H2,1-2H3,(H,17,18);1-7,9H,8H2,(H,19,20). The Morgan fingerprint density at radius 2 is 0.786 bits per heavy atom. The van der Waals surface area contributed by atoms with Gasteiger partial charge in [-0.1, -0.05) is 109 Å². The molecule has 0 saturated heterocycles. The highest BCUT2D eigenvalue weighted by atomic mass is 19.4. The summed E-state index contributed by atoms with van der Waals surface area (Å²) >= 11 is 0. The Bertz CT molecular complexity index is 2220. The second-order valence-corrected chi connectivity index (χ2v) is 13.3. The molecule has 0 unspecified atom stereocenters. The van der Waals surface area contributed by atoms with Gasteiger partial charge < -0.3 is 15.3 Å². The Morgan fingerprint density at radius 3 is 1.16 bits per heavy atom. The van der Waals surface area contributed by atoms with E-state index >= 15 is 0 Å². The van der Waals surface area contributed by atoms with E-state index < -0.39 is 29.6 Å². The van der Waals surface area contributed by atoms with E-state index in [9.17, 15) is 27.6 Å². The summed E-state index contributed by atoms with van der Waals surface area (Å²) in [6, 6.07) is 37.8. The van der Waals surface area contributed by atoms with Crippen LogP contribution in [-0.2, 0) is 25.4 Å². The molecule has 0 spiro atoms. The smallest absolute Gasteiger partial charge is 0.416 e. The number of benzene rings is 6. The third-order valence-corrected chi connectivity index (χ3v) is 9.59. The summed E-state index contributed by atoms with van der Waals surface area (Å²) in [5.74, 6) is -2.82. The Labute approximate surface area is 324 Å². The van der Waals surface area contributed by atoms with Gasteiger partial charge in [0.25, 0.3) is 0 Å². The van der Waals surface area contributed by atoms with E-state index in [1.165, 1.54) is 45.5 Å². The Kier molecular flexibility index (Phi) is 14.5. The summed E-state index contributed by atoms with van der Waals surface area (Å²) in [7, 11) is 0. The fourth-order valence-electron chi connectivity index (χ4n) is 6.14. The minimum atomic E-state index is -4.40. The lowest BCUT2D eigenvalue weighted by atomic mass is 9.95. The molecule has 0 aliphatic carbocycles. The third kappa shape index (κ3) is 11.5. The van der Waals surface area contributed by atoms with Crippen LogP contribution in [0.15, 0.2) is 133 Å². The average molecular weight is 761 g/mol. The first-order valence-electron chi connectivity index (χ1n) is 17.8. The summed E-state index contributed by atoms with van der Waals surface area (Å²) in [4.78, 5) is 33.4. The van der Waals surface area contributed by atoms with E-state index in [2.05, 4.69) is 52.0 Å². The zero-order chi connectivity index (χ0) is 41.0. The highest BCUT2D eigenvalue weighted by Crippen LogP contribution is 2.30. The van der Waals surface area contributed by atoms with Crippen LogP contribution >= 0.6 is 0 Å². The molecule has 0 atom stereocenters. The van der Waals surface area contributed by atoms with Gasteiger partial charge in [-0.15, -0.1) is 0 Å². The van der Waals surface area contributed by atoms with E-state index in [0.29, 0.717) is 35.1 Å². The summed E-state index contributed by atoms with van der Waals surface area (Å²) in [5.41, 5.74) is 10.1. The van der Waals surface area contributed by atoms with Gasteiger partial charge in [0.05, 0.1) is 22.3 Å². The quantitative estimate of drug-likeness (QED) is 0.135. The SMILES string of the molecule is Cc1cccc(Cc2ccccc2C(=O)O)c1C.Cc1cccc(Cc2ccccc2C(=O)O)c1C.O=C(O)c1ccccc1Cc1cccc(C(F)(F)F)c1. The Balaban J connectivity index is 0.000000187. The molecule has 0 bridgehead atoms. The largest absolute Gasteiger partial charge is 0.478 e. The Morgan fingerprint density at radius 1 is 0.446 bits per heavy atom. The molecule has 0 fully saturated rings. The number of halogens is 3. The van der Waals surface area contributed by atoms with Gasteiger partial charge in [0.15, 0.2) is 0 Å². The van der Waals surface area contributed by atoms with Crippen LogP contribution in [0.25, 0.3) is 0 Å². The number of alkyl halides is 3. The van der Waals surface area contributed by atoms with Gasteiger partial charge in [-0.25, -0.2) is 14.4 Å². The van der Waals surface area contributed by atoms with Crippen LogP contribution in [0.4, 0.5) is 13.2 Å². The van der Waals surface area contributed by atoms with Gasteiger partial charge >= 0.3 is 24.1 Å². The molecule has 0 aliphatic rings. The first kappa shape index (κ1) is 42.3. The summed E-state index contributed by atoms with van der Waals surface area (Å²) in [6.45, 7) is 8.30. The van der Waals surface area contributed by atoms with Crippen molar-refractivity contribution in [1.82, 2.24) is 0 Å². The van der Waals surface area contributed by atoms with Crippen LogP contribution in [-0.4, -0.2) is 33.2 Å². The van der Waals surface area contributed by atoms with E-state index in [-0.39, 0.29) is 12.0 Å². The predicted octanol–water partition coefficient (Wildman–Crippen LogP) is 11.2. The van der Waals surface area contributed by atoms with Gasteiger partial charge in [0.1, 0.15) is 0 Å². The van der Waals surface area contributed by atoms with Crippen LogP contribution < -0.4 is 0 Å². The molecule has 9 heteroatoms. The lowest BCUT2D eigenvalue weighted by Crippen LogP contribution is -2.06. The maximum atomic E-state index is 12.6. The molecular formula is C47H43F3O6. The van der Waals surface area contributed by atoms with Gasteiger partial charge in [-0.3, -0.25) is 0 Å². The van der Waals surface area contributed by atoms with E-state index in [1.807, 2.05) is 36.4 Å². The number of hydrogen-bond donors (Lipinski definition) is 3. The van der Waals surface area contributed by atoms with Gasteiger partial charge in [0.2, 0.25) is 0 Å². The van der Waals surface area contributed by atoms with Crippen molar-refractivity contribution in [1.29, 1.82) is 0 Å². The zero-order valence-corrected chi connectivity index (χ0v) is 31.5. The number of carboxylic acid groups (broad SMARTS) is 3. The average Bonchev–Trinajstić information content (AvgIpc) is 3.16. The van der Waals surface area contributed by atoms with Crippen molar-refractivity contribution >= 4 is 17.9 Å². The molecule has 288 valence electrons. The molecule has 3 N–H and O–H groups in total. The number of aryl methyl sites for hydroxylation is 2. The molecule has 0 aliphatic heterocycles. The molecule has 6 aromatic rings. The van der Waals surface area contributed by atoms with E-state index in [4.69, 9.17) is 15.3 Å². The van der Waals surface area contributed by atoms with Crippen molar-refractivity contribution in [2.45, 2.75) is 53.1 Å². The molecule has 0 saturated carbocycles. The molecule has 6 nitrogen and oxygen atoms in total.